The molecule has 4 bridgehead atoms. The van der Waals surface area contributed by atoms with Crippen molar-refractivity contribution in [3.8, 4) is 0 Å². The van der Waals surface area contributed by atoms with Crippen LogP contribution in [0.4, 0.5) is 0 Å². The Labute approximate surface area is 111 Å². The average Bonchev–Trinajstić information content (AvgIpc) is 2.37. The van der Waals surface area contributed by atoms with Gasteiger partial charge in [0.2, 0.25) is 0 Å². The van der Waals surface area contributed by atoms with Crippen molar-refractivity contribution in [2.24, 2.45) is 17.8 Å². The number of aromatic carboxylic acids is 1. The second kappa shape index (κ2) is 3.74. The molecular formula is C14H17N3O2. The third kappa shape index (κ3) is 1.67. The van der Waals surface area contributed by atoms with Crippen LogP contribution >= 0.6 is 0 Å². The quantitative estimate of drug-likeness (QED) is 0.879. The molecule has 19 heavy (non-hydrogen) atoms. The molecule has 5 nitrogen and oxygen atoms in total. The van der Waals surface area contributed by atoms with Gasteiger partial charge in [-0.1, -0.05) is 0 Å². The molecule has 0 aliphatic heterocycles. The molecule has 0 amide bonds. The van der Waals surface area contributed by atoms with E-state index in [9.17, 15) is 4.79 Å². The lowest BCUT2D eigenvalue weighted by atomic mass is 9.49. The third-order valence-corrected chi connectivity index (χ3v) is 5.33. The van der Waals surface area contributed by atoms with Crippen LogP contribution in [0.3, 0.4) is 0 Å². The van der Waals surface area contributed by atoms with E-state index in [0.29, 0.717) is 0 Å². The van der Waals surface area contributed by atoms with Crippen molar-refractivity contribution in [2.45, 2.75) is 43.9 Å². The third-order valence-electron chi connectivity index (χ3n) is 5.33. The molecule has 1 N–H and O–H groups in total. The molecule has 4 saturated carbocycles. The van der Waals surface area contributed by atoms with Gasteiger partial charge in [0.05, 0.1) is 11.9 Å². The molecular weight excluding hydrogens is 242 g/mol. The summed E-state index contributed by atoms with van der Waals surface area (Å²) < 4.78 is 0. The molecule has 4 aliphatic rings. The van der Waals surface area contributed by atoms with Crippen molar-refractivity contribution >= 4 is 5.97 Å². The number of carboxylic acid groups (broad SMARTS) is 1. The molecule has 0 saturated heterocycles. The van der Waals surface area contributed by atoms with Gasteiger partial charge in [0.1, 0.15) is 0 Å². The van der Waals surface area contributed by atoms with Crippen LogP contribution in [0.1, 0.15) is 54.8 Å². The molecule has 0 radical (unpaired) electrons. The summed E-state index contributed by atoms with van der Waals surface area (Å²) in [4.78, 5) is 15.3. The molecule has 4 fully saturated rings. The maximum absolute atomic E-state index is 11.0. The maximum atomic E-state index is 11.0. The van der Waals surface area contributed by atoms with Gasteiger partial charge in [0.15, 0.2) is 0 Å². The monoisotopic (exact) mass is 259 g/mol. The largest absolute Gasteiger partial charge is 0.475 e. The van der Waals surface area contributed by atoms with Crippen molar-refractivity contribution in [2.75, 3.05) is 0 Å². The van der Waals surface area contributed by atoms with E-state index in [1.165, 1.54) is 19.3 Å². The van der Waals surface area contributed by atoms with Gasteiger partial charge in [-0.05, 0) is 56.3 Å². The molecule has 0 atom stereocenters. The topological polar surface area (TPSA) is 76.0 Å². The number of carboxylic acids is 1. The Morgan fingerprint density at radius 3 is 2.26 bits per heavy atom. The number of aromatic nitrogens is 3. The standard InChI is InChI=1S/C14H17N3O2/c18-13(19)12-16-11(7-15-17-12)14-4-8-1-9(5-14)3-10(2-8)6-14/h7-10H,1-6H2,(H,18,19). The van der Waals surface area contributed by atoms with Crippen molar-refractivity contribution < 1.29 is 9.90 Å². The zero-order chi connectivity index (χ0) is 13.0. The van der Waals surface area contributed by atoms with Crippen LogP contribution in [-0.2, 0) is 5.41 Å². The van der Waals surface area contributed by atoms with Crippen LogP contribution in [0.25, 0.3) is 0 Å². The fourth-order valence-corrected chi connectivity index (χ4v) is 5.07. The van der Waals surface area contributed by atoms with Gasteiger partial charge < -0.3 is 5.11 Å². The Hall–Kier alpha value is -1.52. The highest BCUT2D eigenvalue weighted by molar-refractivity contribution is 5.82. The van der Waals surface area contributed by atoms with Crippen molar-refractivity contribution in [1.29, 1.82) is 0 Å². The molecule has 1 aromatic rings. The highest BCUT2D eigenvalue weighted by atomic mass is 16.4. The minimum absolute atomic E-state index is 0.0922. The molecule has 0 aromatic carbocycles. The van der Waals surface area contributed by atoms with E-state index < -0.39 is 5.97 Å². The molecule has 5 rings (SSSR count). The van der Waals surface area contributed by atoms with Gasteiger partial charge in [-0.3, -0.25) is 0 Å². The fraction of sp³-hybridized carbons (Fsp3) is 0.714. The Morgan fingerprint density at radius 2 is 1.74 bits per heavy atom. The first-order valence-corrected chi connectivity index (χ1v) is 7.08. The first-order chi connectivity index (χ1) is 9.14. The SMILES string of the molecule is O=C(O)c1nncc(C23CC4CC(CC(C4)C2)C3)n1. The lowest BCUT2D eigenvalue weighted by molar-refractivity contribution is -0.00760. The summed E-state index contributed by atoms with van der Waals surface area (Å²) in [7, 11) is 0. The van der Waals surface area contributed by atoms with Crippen molar-refractivity contribution in [1.82, 2.24) is 15.2 Å². The molecule has 4 aliphatic carbocycles. The molecule has 1 aromatic heterocycles. The summed E-state index contributed by atoms with van der Waals surface area (Å²) in [6.07, 6.45) is 9.28. The molecule has 0 spiro atoms. The molecule has 100 valence electrons. The summed E-state index contributed by atoms with van der Waals surface area (Å²) >= 11 is 0. The van der Waals surface area contributed by atoms with Gasteiger partial charge in [0, 0.05) is 5.41 Å². The summed E-state index contributed by atoms with van der Waals surface area (Å²) in [5, 5.41) is 16.5. The van der Waals surface area contributed by atoms with E-state index >= 15 is 0 Å². The van der Waals surface area contributed by atoms with Crippen LogP contribution in [0.5, 0.6) is 0 Å². The summed E-state index contributed by atoms with van der Waals surface area (Å²) in [5.74, 6) is 1.20. The van der Waals surface area contributed by atoms with Gasteiger partial charge in [-0.15, -0.1) is 5.10 Å². The fourth-order valence-electron chi connectivity index (χ4n) is 5.07. The first kappa shape index (κ1) is 11.3. The Bertz CT molecular complexity index is 508. The predicted octanol–water partition coefficient (Wildman–Crippen LogP) is 2.04. The van der Waals surface area contributed by atoms with Gasteiger partial charge in [-0.2, -0.15) is 5.10 Å². The minimum Gasteiger partial charge on any atom is -0.475 e. The predicted molar refractivity (Wildman–Crippen MR) is 66.6 cm³/mol. The number of hydrogen-bond acceptors (Lipinski definition) is 4. The zero-order valence-corrected chi connectivity index (χ0v) is 10.7. The Morgan fingerprint density at radius 1 is 1.16 bits per heavy atom. The van der Waals surface area contributed by atoms with Crippen LogP contribution in [0.15, 0.2) is 6.20 Å². The summed E-state index contributed by atoms with van der Waals surface area (Å²) in [5.41, 5.74) is 0.966. The molecule has 1 heterocycles. The van der Waals surface area contributed by atoms with E-state index in [1.807, 2.05) is 0 Å². The smallest absolute Gasteiger partial charge is 0.375 e. The number of rotatable bonds is 2. The maximum Gasteiger partial charge on any atom is 0.375 e. The van der Waals surface area contributed by atoms with Gasteiger partial charge in [-0.25, -0.2) is 9.78 Å². The Balaban J connectivity index is 1.75. The highest BCUT2D eigenvalue weighted by Gasteiger charge is 2.52. The average molecular weight is 259 g/mol. The van der Waals surface area contributed by atoms with Crippen molar-refractivity contribution in [3.63, 3.8) is 0 Å². The molecule has 0 unspecified atom stereocenters. The highest BCUT2D eigenvalue weighted by Crippen LogP contribution is 2.60. The van der Waals surface area contributed by atoms with E-state index in [4.69, 9.17) is 5.11 Å². The second-order valence-corrected chi connectivity index (χ2v) is 6.67. The number of carbonyl (C=O) groups is 1. The lowest BCUT2D eigenvalue weighted by Gasteiger charge is -2.56. The van der Waals surface area contributed by atoms with Crippen LogP contribution < -0.4 is 0 Å². The van der Waals surface area contributed by atoms with Crippen molar-refractivity contribution in [3.05, 3.63) is 17.7 Å². The lowest BCUT2D eigenvalue weighted by Crippen LogP contribution is -2.49. The first-order valence-electron chi connectivity index (χ1n) is 7.08. The van der Waals surface area contributed by atoms with Gasteiger partial charge >= 0.3 is 5.97 Å². The van der Waals surface area contributed by atoms with E-state index in [2.05, 4.69) is 15.2 Å². The Kier molecular flexibility index (Phi) is 2.23. The minimum atomic E-state index is -1.08. The second-order valence-electron chi connectivity index (χ2n) is 6.67. The van der Waals surface area contributed by atoms with E-state index in [0.717, 1.165) is 42.7 Å². The van der Waals surface area contributed by atoms with Crippen LogP contribution in [-0.4, -0.2) is 26.3 Å². The number of nitrogens with zero attached hydrogens (tertiary/aromatic N) is 3. The van der Waals surface area contributed by atoms with E-state index in [-0.39, 0.29) is 11.2 Å². The normalized spacial score (nSPS) is 39.5. The number of hydrogen-bond donors (Lipinski definition) is 1. The van der Waals surface area contributed by atoms with E-state index in [1.54, 1.807) is 6.20 Å². The molecule has 5 heteroatoms. The summed E-state index contributed by atoms with van der Waals surface area (Å²) in [6, 6.07) is 0. The van der Waals surface area contributed by atoms with Crippen LogP contribution in [0.2, 0.25) is 0 Å². The van der Waals surface area contributed by atoms with Gasteiger partial charge in [0.25, 0.3) is 5.82 Å². The zero-order valence-electron chi connectivity index (χ0n) is 10.7. The summed E-state index contributed by atoms with van der Waals surface area (Å²) in [6.45, 7) is 0. The van der Waals surface area contributed by atoms with Crippen LogP contribution in [0, 0.1) is 17.8 Å².